The van der Waals surface area contributed by atoms with Gasteiger partial charge in [-0.15, -0.1) is 11.3 Å². The van der Waals surface area contributed by atoms with Crippen molar-refractivity contribution in [1.29, 1.82) is 0 Å². The van der Waals surface area contributed by atoms with Gasteiger partial charge < -0.3 is 15.4 Å². The number of anilines is 1. The number of amides is 2. The van der Waals surface area contributed by atoms with Crippen LogP contribution in [0.4, 0.5) is 5.69 Å². The van der Waals surface area contributed by atoms with Crippen LogP contribution in [0.1, 0.15) is 44.8 Å². The minimum absolute atomic E-state index is 0.00942. The summed E-state index contributed by atoms with van der Waals surface area (Å²) in [5, 5.41) is 5.63. The van der Waals surface area contributed by atoms with Crippen LogP contribution in [-0.4, -0.2) is 24.2 Å². The standard InChI is InChI=1S/C17H16N2O4S/c1-9(18-17(22)15-6-5-14(24-15)10(2)20)11-3-4-13-12(7-11)19-16(21)8-23-13/h3-7,9H,8H2,1-2H3,(H,18,22)(H,19,21)/t9-/m1/s1. The van der Waals surface area contributed by atoms with Gasteiger partial charge in [-0.2, -0.15) is 0 Å². The van der Waals surface area contributed by atoms with E-state index in [1.54, 1.807) is 24.3 Å². The molecule has 0 saturated heterocycles. The number of rotatable bonds is 4. The molecule has 1 aromatic heterocycles. The molecule has 124 valence electrons. The predicted octanol–water partition coefficient (Wildman–Crippen LogP) is 2.77. The van der Waals surface area contributed by atoms with E-state index in [9.17, 15) is 14.4 Å². The number of ketones is 1. The molecule has 1 aromatic carbocycles. The van der Waals surface area contributed by atoms with Crippen molar-refractivity contribution in [3.8, 4) is 5.75 Å². The van der Waals surface area contributed by atoms with Crippen LogP contribution in [0.5, 0.6) is 5.75 Å². The lowest BCUT2D eigenvalue weighted by molar-refractivity contribution is -0.118. The Bertz CT molecular complexity index is 828. The van der Waals surface area contributed by atoms with Crippen molar-refractivity contribution in [1.82, 2.24) is 5.32 Å². The first kappa shape index (κ1) is 16.2. The van der Waals surface area contributed by atoms with Crippen LogP contribution in [-0.2, 0) is 4.79 Å². The van der Waals surface area contributed by atoms with E-state index in [-0.39, 0.29) is 30.2 Å². The number of fused-ring (bicyclic) bond motifs is 1. The Balaban J connectivity index is 1.73. The summed E-state index contributed by atoms with van der Waals surface area (Å²) in [5.74, 6) is 0.114. The maximum Gasteiger partial charge on any atom is 0.262 e. The van der Waals surface area contributed by atoms with Crippen molar-refractivity contribution in [3.63, 3.8) is 0 Å². The quantitative estimate of drug-likeness (QED) is 0.835. The van der Waals surface area contributed by atoms with Crippen molar-refractivity contribution < 1.29 is 19.1 Å². The lowest BCUT2D eigenvalue weighted by atomic mass is 10.1. The first-order chi connectivity index (χ1) is 11.4. The zero-order chi connectivity index (χ0) is 17.3. The van der Waals surface area contributed by atoms with Gasteiger partial charge in [-0.3, -0.25) is 14.4 Å². The molecule has 0 radical (unpaired) electrons. The third kappa shape index (κ3) is 3.30. The number of benzene rings is 1. The summed E-state index contributed by atoms with van der Waals surface area (Å²) in [4.78, 5) is 36.1. The van der Waals surface area contributed by atoms with E-state index >= 15 is 0 Å². The van der Waals surface area contributed by atoms with E-state index in [4.69, 9.17) is 4.74 Å². The van der Waals surface area contributed by atoms with E-state index < -0.39 is 0 Å². The average molecular weight is 344 g/mol. The summed E-state index contributed by atoms with van der Waals surface area (Å²) in [6.45, 7) is 3.33. The van der Waals surface area contributed by atoms with Crippen molar-refractivity contribution in [2.24, 2.45) is 0 Å². The zero-order valence-electron chi connectivity index (χ0n) is 13.2. The molecule has 24 heavy (non-hydrogen) atoms. The minimum atomic E-state index is -0.260. The lowest BCUT2D eigenvalue weighted by Crippen LogP contribution is -2.27. The molecular formula is C17H16N2O4S. The Morgan fingerprint density at radius 3 is 2.71 bits per heavy atom. The smallest absolute Gasteiger partial charge is 0.262 e. The number of thiophene rings is 1. The fraction of sp³-hybridized carbons (Fsp3) is 0.235. The number of nitrogens with one attached hydrogen (secondary N) is 2. The Labute approximate surface area is 142 Å². The lowest BCUT2D eigenvalue weighted by Gasteiger charge is -2.20. The number of Topliss-reactive ketones (excluding diaryl/α,β-unsaturated/α-hetero) is 1. The molecule has 1 aliphatic heterocycles. The highest BCUT2D eigenvalue weighted by molar-refractivity contribution is 7.15. The van der Waals surface area contributed by atoms with Crippen LogP contribution in [0.15, 0.2) is 30.3 Å². The Morgan fingerprint density at radius 2 is 2.00 bits per heavy atom. The summed E-state index contributed by atoms with van der Waals surface area (Å²) in [5.41, 5.74) is 1.44. The van der Waals surface area contributed by atoms with Gasteiger partial charge in [0.2, 0.25) is 0 Å². The average Bonchev–Trinajstić information content (AvgIpc) is 3.04. The SMILES string of the molecule is CC(=O)c1ccc(C(=O)N[C@H](C)c2ccc3c(c2)NC(=O)CO3)s1. The number of hydrogen-bond donors (Lipinski definition) is 2. The summed E-state index contributed by atoms with van der Waals surface area (Å²) < 4.78 is 5.32. The predicted molar refractivity (Wildman–Crippen MR) is 90.8 cm³/mol. The largest absolute Gasteiger partial charge is 0.482 e. The van der Waals surface area contributed by atoms with Gasteiger partial charge in [-0.05, 0) is 43.7 Å². The number of ether oxygens (including phenoxy) is 1. The van der Waals surface area contributed by atoms with Crippen molar-refractivity contribution >= 4 is 34.6 Å². The molecule has 7 heteroatoms. The van der Waals surface area contributed by atoms with E-state index in [0.29, 0.717) is 21.2 Å². The minimum Gasteiger partial charge on any atom is -0.482 e. The van der Waals surface area contributed by atoms with E-state index in [0.717, 1.165) is 5.56 Å². The van der Waals surface area contributed by atoms with Crippen LogP contribution < -0.4 is 15.4 Å². The summed E-state index contributed by atoms with van der Waals surface area (Å²) in [7, 11) is 0. The molecule has 1 aliphatic rings. The molecule has 2 N–H and O–H groups in total. The highest BCUT2D eigenvalue weighted by atomic mass is 32.1. The molecule has 0 bridgehead atoms. The molecule has 2 aromatic rings. The Hall–Kier alpha value is -2.67. The summed E-state index contributed by atoms with van der Waals surface area (Å²) in [6, 6.07) is 8.43. The first-order valence-electron chi connectivity index (χ1n) is 7.42. The van der Waals surface area contributed by atoms with Crippen molar-refractivity contribution in [3.05, 3.63) is 45.6 Å². The van der Waals surface area contributed by atoms with Crippen molar-refractivity contribution in [2.45, 2.75) is 19.9 Å². The molecule has 2 amide bonds. The van der Waals surface area contributed by atoms with Gasteiger partial charge in [0.25, 0.3) is 11.8 Å². The molecule has 6 nitrogen and oxygen atoms in total. The molecule has 0 aliphatic carbocycles. The van der Waals surface area contributed by atoms with Crippen LogP contribution in [0.25, 0.3) is 0 Å². The third-order valence-corrected chi connectivity index (χ3v) is 4.85. The molecular weight excluding hydrogens is 328 g/mol. The fourth-order valence-electron chi connectivity index (χ4n) is 2.37. The van der Waals surface area contributed by atoms with Gasteiger partial charge in [0.05, 0.1) is 21.5 Å². The second kappa shape index (κ2) is 6.45. The molecule has 0 spiro atoms. The van der Waals surface area contributed by atoms with Crippen LogP contribution in [0.3, 0.4) is 0 Å². The van der Waals surface area contributed by atoms with Crippen molar-refractivity contribution in [2.75, 3.05) is 11.9 Å². The highest BCUT2D eigenvalue weighted by Gasteiger charge is 2.19. The van der Waals surface area contributed by atoms with Gasteiger partial charge in [0.1, 0.15) is 5.75 Å². The van der Waals surface area contributed by atoms with Crippen LogP contribution in [0, 0.1) is 0 Å². The van der Waals surface area contributed by atoms with Crippen LogP contribution >= 0.6 is 11.3 Å². The van der Waals surface area contributed by atoms with E-state index in [1.165, 1.54) is 18.3 Å². The normalized spacial score (nSPS) is 14.2. The Kier molecular flexibility index (Phi) is 4.35. The number of hydrogen-bond acceptors (Lipinski definition) is 5. The third-order valence-electron chi connectivity index (χ3n) is 3.66. The van der Waals surface area contributed by atoms with Gasteiger partial charge >= 0.3 is 0 Å². The summed E-state index contributed by atoms with van der Waals surface area (Å²) >= 11 is 1.17. The van der Waals surface area contributed by atoms with E-state index in [2.05, 4.69) is 10.6 Å². The molecule has 3 rings (SSSR count). The van der Waals surface area contributed by atoms with Gasteiger partial charge in [0, 0.05) is 0 Å². The van der Waals surface area contributed by atoms with Gasteiger partial charge in [-0.25, -0.2) is 0 Å². The first-order valence-corrected chi connectivity index (χ1v) is 8.24. The van der Waals surface area contributed by atoms with Gasteiger partial charge in [0.15, 0.2) is 12.4 Å². The molecule has 1 atom stereocenters. The van der Waals surface area contributed by atoms with Crippen LogP contribution in [0.2, 0.25) is 0 Å². The second-order valence-electron chi connectivity index (χ2n) is 5.51. The number of carbonyl (C=O) groups excluding carboxylic acids is 3. The molecule has 2 heterocycles. The van der Waals surface area contributed by atoms with Gasteiger partial charge in [-0.1, -0.05) is 6.07 Å². The molecule has 0 saturated carbocycles. The fourth-order valence-corrected chi connectivity index (χ4v) is 3.17. The summed E-state index contributed by atoms with van der Waals surface area (Å²) in [6.07, 6.45) is 0. The maximum absolute atomic E-state index is 12.3. The zero-order valence-corrected chi connectivity index (χ0v) is 14.0. The molecule has 0 unspecified atom stereocenters. The maximum atomic E-state index is 12.3. The Morgan fingerprint density at radius 1 is 1.25 bits per heavy atom. The van der Waals surface area contributed by atoms with E-state index in [1.807, 2.05) is 13.0 Å². The monoisotopic (exact) mass is 344 g/mol. The highest BCUT2D eigenvalue weighted by Crippen LogP contribution is 2.30. The molecule has 0 fully saturated rings. The number of carbonyl (C=O) groups is 3. The topological polar surface area (TPSA) is 84.5 Å². The second-order valence-corrected chi connectivity index (χ2v) is 6.59.